The highest BCUT2D eigenvalue weighted by atomic mass is 16.5. The fraction of sp³-hybridized carbons (Fsp3) is 0.429. The zero-order valence-corrected chi connectivity index (χ0v) is 17.2. The van der Waals surface area contributed by atoms with Crippen LogP contribution in [-0.4, -0.2) is 38.4 Å². The number of ether oxygens (including phenoxy) is 1. The maximum atomic E-state index is 13.0. The number of hydrogen-bond acceptors (Lipinski definition) is 6. The number of carbonyl (C=O) groups is 1. The number of rotatable bonds is 7. The summed E-state index contributed by atoms with van der Waals surface area (Å²) in [6.45, 7) is 5.48. The first-order valence-electron chi connectivity index (χ1n) is 10.2. The summed E-state index contributed by atoms with van der Waals surface area (Å²) in [7, 11) is 0. The molecule has 1 aromatic carbocycles. The lowest BCUT2D eigenvalue weighted by Gasteiger charge is -2.27. The van der Waals surface area contributed by atoms with Gasteiger partial charge in [0.1, 0.15) is 23.6 Å². The van der Waals surface area contributed by atoms with Crippen LogP contribution >= 0.6 is 0 Å². The smallest absolute Gasteiger partial charge is 0.276 e. The van der Waals surface area contributed by atoms with Crippen LogP contribution in [0.1, 0.15) is 54.0 Å². The van der Waals surface area contributed by atoms with Crippen molar-refractivity contribution < 1.29 is 9.53 Å². The van der Waals surface area contributed by atoms with E-state index in [1.54, 1.807) is 22.9 Å². The molecular formula is C21H25N7O2. The van der Waals surface area contributed by atoms with Crippen molar-refractivity contribution in [3.63, 3.8) is 0 Å². The van der Waals surface area contributed by atoms with E-state index in [-0.39, 0.29) is 11.9 Å². The molecule has 9 nitrogen and oxygen atoms in total. The van der Waals surface area contributed by atoms with Crippen LogP contribution in [0.2, 0.25) is 0 Å². The number of amides is 1. The van der Waals surface area contributed by atoms with Gasteiger partial charge in [0.05, 0.1) is 28.9 Å². The van der Waals surface area contributed by atoms with Gasteiger partial charge in [-0.15, -0.1) is 0 Å². The van der Waals surface area contributed by atoms with Crippen molar-refractivity contribution >= 4 is 22.9 Å². The number of nitrogens with one attached hydrogen (secondary N) is 1. The van der Waals surface area contributed by atoms with E-state index in [1.165, 1.54) is 0 Å². The molecule has 0 saturated carbocycles. The van der Waals surface area contributed by atoms with Crippen LogP contribution in [0.4, 0.5) is 5.95 Å². The minimum Gasteiger partial charge on any atom is -0.489 e. The number of benzene rings is 1. The average Bonchev–Trinajstić information content (AvgIpc) is 3.30. The molecule has 1 atom stereocenters. The number of nitrogens with zero attached hydrogens (tertiary/aromatic N) is 5. The molecule has 3 heterocycles. The molecule has 0 fully saturated rings. The number of anilines is 1. The van der Waals surface area contributed by atoms with Gasteiger partial charge < -0.3 is 15.0 Å². The predicted molar refractivity (Wildman–Crippen MR) is 112 cm³/mol. The maximum Gasteiger partial charge on any atom is 0.276 e. The second-order valence-electron chi connectivity index (χ2n) is 7.45. The van der Waals surface area contributed by atoms with Crippen molar-refractivity contribution in [2.45, 2.75) is 45.7 Å². The van der Waals surface area contributed by atoms with Gasteiger partial charge in [-0.3, -0.25) is 14.8 Å². The number of hydrogen-bond donors (Lipinski definition) is 2. The number of nitrogens with two attached hydrogens (primary N) is 1. The molecule has 3 aromatic rings. The third-order valence-electron chi connectivity index (χ3n) is 5.33. The Morgan fingerprint density at radius 1 is 1.40 bits per heavy atom. The fourth-order valence-corrected chi connectivity index (χ4v) is 3.94. The Hall–Kier alpha value is -3.38. The van der Waals surface area contributed by atoms with Crippen molar-refractivity contribution in [3.8, 4) is 11.8 Å². The summed E-state index contributed by atoms with van der Waals surface area (Å²) in [5.74, 6) is 0.800. The highest BCUT2D eigenvalue weighted by molar-refractivity contribution is 6.03. The highest BCUT2D eigenvalue weighted by Gasteiger charge is 2.28. The first-order chi connectivity index (χ1) is 14.5. The number of aryl methyl sites for hydroxylation is 2. The first kappa shape index (κ1) is 19.9. The molecule has 1 aliphatic rings. The molecular weight excluding hydrogens is 382 g/mol. The zero-order chi connectivity index (χ0) is 21.3. The second kappa shape index (κ2) is 8.16. The van der Waals surface area contributed by atoms with Gasteiger partial charge in [-0.25, -0.2) is 4.98 Å². The monoisotopic (exact) mass is 407 g/mol. The molecule has 0 unspecified atom stereocenters. The number of aromatic nitrogens is 4. The van der Waals surface area contributed by atoms with E-state index in [0.29, 0.717) is 48.2 Å². The van der Waals surface area contributed by atoms with Crippen LogP contribution in [0.3, 0.4) is 0 Å². The lowest BCUT2D eigenvalue weighted by Crippen LogP contribution is -2.26. The van der Waals surface area contributed by atoms with E-state index in [4.69, 9.17) is 10.5 Å². The molecule has 3 N–H and O–H groups in total. The number of imidazole rings is 1. The fourth-order valence-electron chi connectivity index (χ4n) is 3.94. The first-order valence-corrected chi connectivity index (χ1v) is 10.2. The van der Waals surface area contributed by atoms with E-state index in [0.717, 1.165) is 30.5 Å². The summed E-state index contributed by atoms with van der Waals surface area (Å²) in [5.41, 5.74) is 8.82. The molecule has 0 radical (unpaired) electrons. The standard InChI is InChI=1S/C21H25N7O2/c1-3-27-17(8-13(2)26-27)20(29)25-21-24-16-9-14(11-23)10-18-19(16)28(21)15(12-30-18)6-4-5-7-22/h8-10,15H,3-7,12,22H2,1-2H3,(H,24,25,29)/t15-/m0/s1. The van der Waals surface area contributed by atoms with E-state index >= 15 is 0 Å². The topological polar surface area (TPSA) is 124 Å². The lowest BCUT2D eigenvalue weighted by atomic mass is 10.1. The van der Waals surface area contributed by atoms with Gasteiger partial charge in [-0.1, -0.05) is 6.42 Å². The lowest BCUT2D eigenvalue weighted by molar-refractivity contribution is 0.101. The van der Waals surface area contributed by atoms with Crippen LogP contribution in [0.25, 0.3) is 11.0 Å². The summed E-state index contributed by atoms with van der Waals surface area (Å²) in [6, 6.07) is 7.37. The molecule has 0 spiro atoms. The molecule has 1 amide bonds. The molecule has 9 heteroatoms. The van der Waals surface area contributed by atoms with Crippen LogP contribution in [0, 0.1) is 18.3 Å². The van der Waals surface area contributed by atoms with Crippen molar-refractivity contribution in [2.24, 2.45) is 5.73 Å². The van der Waals surface area contributed by atoms with E-state index in [1.807, 2.05) is 18.4 Å². The Labute approximate surface area is 174 Å². The Morgan fingerprint density at radius 3 is 2.97 bits per heavy atom. The summed E-state index contributed by atoms with van der Waals surface area (Å²) in [4.78, 5) is 17.7. The van der Waals surface area contributed by atoms with Crippen LogP contribution in [-0.2, 0) is 6.54 Å². The van der Waals surface area contributed by atoms with Crippen LogP contribution in [0.5, 0.6) is 5.75 Å². The minimum atomic E-state index is -0.265. The predicted octanol–water partition coefficient (Wildman–Crippen LogP) is 2.75. The molecule has 4 rings (SSSR count). The van der Waals surface area contributed by atoms with Gasteiger partial charge in [0.15, 0.2) is 0 Å². The Balaban J connectivity index is 1.76. The van der Waals surface area contributed by atoms with E-state index in [2.05, 4.69) is 21.5 Å². The Bertz CT molecular complexity index is 1140. The average molecular weight is 407 g/mol. The number of unbranched alkanes of at least 4 members (excludes halogenated alkanes) is 1. The van der Waals surface area contributed by atoms with Crippen molar-refractivity contribution in [2.75, 3.05) is 18.5 Å². The minimum absolute atomic E-state index is 0.0232. The van der Waals surface area contributed by atoms with Gasteiger partial charge in [-0.05, 0) is 45.4 Å². The largest absolute Gasteiger partial charge is 0.489 e. The molecule has 1 aliphatic heterocycles. The quantitative estimate of drug-likeness (QED) is 0.580. The summed E-state index contributed by atoms with van der Waals surface area (Å²) >= 11 is 0. The number of carbonyl (C=O) groups excluding carboxylic acids is 1. The SMILES string of the molecule is CCn1nc(C)cc1C(=O)Nc1nc2cc(C#N)cc3c2n1[C@@H](CCCCN)CO3. The summed E-state index contributed by atoms with van der Waals surface area (Å²) in [6.07, 6.45) is 2.73. The normalized spacial score (nSPS) is 15.1. The van der Waals surface area contributed by atoms with Crippen LogP contribution < -0.4 is 15.8 Å². The zero-order valence-electron chi connectivity index (χ0n) is 17.2. The molecule has 30 heavy (non-hydrogen) atoms. The van der Waals surface area contributed by atoms with Crippen molar-refractivity contribution in [1.29, 1.82) is 5.26 Å². The maximum absolute atomic E-state index is 13.0. The molecule has 0 aliphatic carbocycles. The summed E-state index contributed by atoms with van der Waals surface area (Å²) in [5, 5.41) is 16.6. The second-order valence-corrected chi connectivity index (χ2v) is 7.45. The van der Waals surface area contributed by atoms with Gasteiger partial charge in [-0.2, -0.15) is 10.4 Å². The van der Waals surface area contributed by atoms with Gasteiger partial charge >= 0.3 is 0 Å². The van der Waals surface area contributed by atoms with E-state index in [9.17, 15) is 10.1 Å². The van der Waals surface area contributed by atoms with Crippen LogP contribution in [0.15, 0.2) is 18.2 Å². The molecule has 156 valence electrons. The van der Waals surface area contributed by atoms with Gasteiger partial charge in [0.2, 0.25) is 5.95 Å². The molecule has 0 saturated heterocycles. The third kappa shape index (κ3) is 3.50. The van der Waals surface area contributed by atoms with Crippen molar-refractivity contribution in [1.82, 2.24) is 19.3 Å². The molecule has 0 bridgehead atoms. The van der Waals surface area contributed by atoms with Gasteiger partial charge in [0.25, 0.3) is 5.91 Å². The van der Waals surface area contributed by atoms with Crippen molar-refractivity contribution in [3.05, 3.63) is 35.2 Å². The number of nitriles is 1. The Kier molecular flexibility index (Phi) is 5.42. The third-order valence-corrected chi connectivity index (χ3v) is 5.33. The van der Waals surface area contributed by atoms with E-state index < -0.39 is 0 Å². The Morgan fingerprint density at radius 2 is 2.23 bits per heavy atom. The summed E-state index contributed by atoms with van der Waals surface area (Å²) < 4.78 is 9.66. The molecule has 2 aromatic heterocycles. The van der Waals surface area contributed by atoms with Gasteiger partial charge in [0, 0.05) is 12.6 Å². The highest BCUT2D eigenvalue weighted by Crippen LogP contribution is 2.38.